The van der Waals surface area contributed by atoms with Gasteiger partial charge in [0.1, 0.15) is 22.3 Å². The van der Waals surface area contributed by atoms with E-state index in [4.69, 9.17) is 8.83 Å². The average molecular weight is 653 g/mol. The Morgan fingerprint density at radius 2 is 0.902 bits per heavy atom. The summed E-state index contributed by atoms with van der Waals surface area (Å²) in [5, 5.41) is 4.27. The van der Waals surface area contributed by atoms with Gasteiger partial charge in [-0.2, -0.15) is 0 Å². The first-order chi connectivity index (χ1) is 25.3. The second kappa shape index (κ2) is 12.0. The molecule has 8 aromatic carbocycles. The molecule has 0 N–H and O–H groups in total. The van der Waals surface area contributed by atoms with Gasteiger partial charge in [-0.1, -0.05) is 170 Å². The monoisotopic (exact) mass is 652 g/mol. The maximum atomic E-state index is 7.22. The molecule has 0 amide bonds. The van der Waals surface area contributed by atoms with Crippen LogP contribution in [0.5, 0.6) is 0 Å². The number of furan rings is 2. The zero-order valence-corrected chi connectivity index (χ0v) is 27.8. The first-order valence-corrected chi connectivity index (χ1v) is 17.5. The predicted octanol–water partition coefficient (Wildman–Crippen LogP) is 13.7. The quantitative estimate of drug-likeness (QED) is 0.167. The summed E-state index contributed by atoms with van der Waals surface area (Å²) >= 11 is 0. The second-order valence-corrected chi connectivity index (χ2v) is 13.2. The minimum absolute atomic E-state index is 0.0334. The van der Waals surface area contributed by atoms with Gasteiger partial charge in [0.2, 0.25) is 0 Å². The van der Waals surface area contributed by atoms with Crippen molar-refractivity contribution in [3.8, 4) is 33.4 Å². The summed E-state index contributed by atoms with van der Waals surface area (Å²) in [6.45, 7) is 0. The topological polar surface area (TPSA) is 26.3 Å². The van der Waals surface area contributed by atoms with Crippen LogP contribution in [-0.4, -0.2) is 0 Å². The van der Waals surface area contributed by atoms with Gasteiger partial charge in [-0.3, -0.25) is 0 Å². The molecule has 0 fully saturated rings. The minimum Gasteiger partial charge on any atom is -0.456 e. The summed E-state index contributed by atoms with van der Waals surface area (Å²) in [5.74, 6) is -0.0334. The summed E-state index contributed by atoms with van der Waals surface area (Å²) in [4.78, 5) is 0. The first-order valence-electron chi connectivity index (χ1n) is 17.5. The number of rotatable bonds is 6. The Bertz CT molecular complexity index is 2830. The van der Waals surface area contributed by atoms with Gasteiger partial charge in [-0.05, 0) is 57.1 Å². The van der Waals surface area contributed by atoms with E-state index in [1.54, 1.807) is 0 Å². The summed E-state index contributed by atoms with van der Waals surface area (Å²) in [6, 6.07) is 66.7. The SMILES string of the molecule is c1ccc(-c2ccc(C(c3ccccc3)c3cccc4c3oc3c(-c5cccc(-c6ccccc6)c5)c5c(cc34)oc3ccccc35)cc2)cc1. The largest absolute Gasteiger partial charge is 0.456 e. The standard InChI is InChI=1S/C49H32O2/c1-4-14-32(15-5-1)34-26-28-36(29-27-34)45(35-18-8-3-9-19-35)41-24-13-23-39-42-31-44-47(40-22-10-11-25-43(40)50-44)46(49(42)51-48(39)41)38-21-12-20-37(30-38)33-16-6-2-7-17-33/h1-31,45H. The van der Waals surface area contributed by atoms with Crippen molar-refractivity contribution in [3.63, 3.8) is 0 Å². The minimum atomic E-state index is -0.0334. The zero-order valence-electron chi connectivity index (χ0n) is 27.8. The summed E-state index contributed by atoms with van der Waals surface area (Å²) in [7, 11) is 0. The lowest BCUT2D eigenvalue weighted by Crippen LogP contribution is -2.03. The number of benzene rings is 8. The summed E-state index contributed by atoms with van der Waals surface area (Å²) < 4.78 is 13.8. The van der Waals surface area contributed by atoms with Gasteiger partial charge in [0.25, 0.3) is 0 Å². The van der Waals surface area contributed by atoms with Gasteiger partial charge in [-0.15, -0.1) is 0 Å². The van der Waals surface area contributed by atoms with Crippen molar-refractivity contribution in [2.45, 2.75) is 5.92 Å². The molecule has 1 unspecified atom stereocenters. The second-order valence-electron chi connectivity index (χ2n) is 13.2. The molecule has 240 valence electrons. The number of para-hydroxylation sites is 2. The molecule has 51 heavy (non-hydrogen) atoms. The molecule has 0 bridgehead atoms. The maximum Gasteiger partial charge on any atom is 0.144 e. The average Bonchev–Trinajstić information content (AvgIpc) is 3.77. The number of fused-ring (bicyclic) bond motifs is 6. The van der Waals surface area contributed by atoms with Crippen molar-refractivity contribution >= 4 is 43.9 Å². The molecular formula is C49H32O2. The predicted molar refractivity (Wildman–Crippen MR) is 211 cm³/mol. The zero-order chi connectivity index (χ0) is 33.7. The van der Waals surface area contributed by atoms with Crippen LogP contribution in [-0.2, 0) is 0 Å². The molecule has 2 aromatic heterocycles. The van der Waals surface area contributed by atoms with Crippen molar-refractivity contribution in [2.75, 3.05) is 0 Å². The maximum absolute atomic E-state index is 7.22. The van der Waals surface area contributed by atoms with Crippen molar-refractivity contribution < 1.29 is 8.83 Å². The molecule has 0 saturated carbocycles. The third kappa shape index (κ3) is 4.95. The highest BCUT2D eigenvalue weighted by atomic mass is 16.3. The number of hydrogen-bond donors (Lipinski definition) is 0. The van der Waals surface area contributed by atoms with Gasteiger partial charge < -0.3 is 8.83 Å². The fourth-order valence-electron chi connectivity index (χ4n) is 7.84. The molecule has 10 rings (SSSR count). The lowest BCUT2D eigenvalue weighted by molar-refractivity contribution is 0.660. The van der Waals surface area contributed by atoms with Gasteiger partial charge >= 0.3 is 0 Å². The Morgan fingerprint density at radius 1 is 0.333 bits per heavy atom. The Morgan fingerprint density at radius 3 is 1.67 bits per heavy atom. The molecule has 2 heteroatoms. The molecule has 0 saturated heterocycles. The molecule has 2 nitrogen and oxygen atoms in total. The fourth-order valence-corrected chi connectivity index (χ4v) is 7.84. The Labute approximate surface area is 295 Å². The normalized spacial score (nSPS) is 12.2. The van der Waals surface area contributed by atoms with Crippen molar-refractivity contribution in [3.05, 3.63) is 205 Å². The third-order valence-electron chi connectivity index (χ3n) is 10.2. The van der Waals surface area contributed by atoms with Crippen LogP contribution in [0.3, 0.4) is 0 Å². The third-order valence-corrected chi connectivity index (χ3v) is 10.2. The van der Waals surface area contributed by atoms with E-state index in [1.807, 2.05) is 12.1 Å². The summed E-state index contributed by atoms with van der Waals surface area (Å²) in [5.41, 5.74) is 13.9. The van der Waals surface area contributed by atoms with Crippen LogP contribution >= 0.6 is 0 Å². The van der Waals surface area contributed by atoms with Crippen molar-refractivity contribution in [2.24, 2.45) is 0 Å². The smallest absolute Gasteiger partial charge is 0.144 e. The highest BCUT2D eigenvalue weighted by molar-refractivity contribution is 6.23. The molecule has 0 aliphatic heterocycles. The van der Waals surface area contributed by atoms with Gasteiger partial charge in [0, 0.05) is 38.6 Å². The van der Waals surface area contributed by atoms with Crippen LogP contribution in [0, 0.1) is 0 Å². The molecule has 10 aromatic rings. The lowest BCUT2D eigenvalue weighted by atomic mass is 9.84. The van der Waals surface area contributed by atoms with E-state index < -0.39 is 0 Å². The van der Waals surface area contributed by atoms with Crippen LogP contribution in [0.4, 0.5) is 0 Å². The Kier molecular flexibility index (Phi) is 6.92. The van der Waals surface area contributed by atoms with Crippen LogP contribution in [0.15, 0.2) is 197 Å². The molecule has 0 aliphatic rings. The molecule has 1 atom stereocenters. The molecule has 0 aliphatic carbocycles. The van der Waals surface area contributed by atoms with E-state index in [9.17, 15) is 0 Å². The van der Waals surface area contributed by atoms with Crippen LogP contribution in [0.1, 0.15) is 22.6 Å². The van der Waals surface area contributed by atoms with Crippen LogP contribution in [0.25, 0.3) is 77.3 Å². The molecule has 0 radical (unpaired) electrons. The van der Waals surface area contributed by atoms with Crippen LogP contribution in [0.2, 0.25) is 0 Å². The molecule has 0 spiro atoms. The van der Waals surface area contributed by atoms with E-state index in [0.29, 0.717) is 0 Å². The summed E-state index contributed by atoms with van der Waals surface area (Å²) in [6.07, 6.45) is 0. The number of hydrogen-bond acceptors (Lipinski definition) is 2. The van der Waals surface area contributed by atoms with Gasteiger partial charge in [-0.25, -0.2) is 0 Å². The van der Waals surface area contributed by atoms with Crippen molar-refractivity contribution in [1.29, 1.82) is 0 Å². The Balaban J connectivity index is 1.24. The van der Waals surface area contributed by atoms with E-state index in [0.717, 1.165) is 66.1 Å². The van der Waals surface area contributed by atoms with Gasteiger partial charge in [0.15, 0.2) is 0 Å². The molecular weight excluding hydrogens is 621 g/mol. The van der Waals surface area contributed by atoms with E-state index in [-0.39, 0.29) is 5.92 Å². The van der Waals surface area contributed by atoms with E-state index in [2.05, 4.69) is 176 Å². The molecule has 2 heterocycles. The van der Waals surface area contributed by atoms with Gasteiger partial charge in [0.05, 0.1) is 0 Å². The fraction of sp³-hybridized carbons (Fsp3) is 0.0204. The van der Waals surface area contributed by atoms with Crippen LogP contribution < -0.4 is 0 Å². The van der Waals surface area contributed by atoms with Crippen molar-refractivity contribution in [1.82, 2.24) is 0 Å². The highest BCUT2D eigenvalue weighted by Crippen LogP contribution is 2.47. The highest BCUT2D eigenvalue weighted by Gasteiger charge is 2.26. The van der Waals surface area contributed by atoms with E-state index in [1.165, 1.54) is 27.8 Å². The first kappa shape index (κ1) is 29.3. The lowest BCUT2D eigenvalue weighted by Gasteiger charge is -2.19. The Hall–Kier alpha value is -6.64. The van der Waals surface area contributed by atoms with E-state index >= 15 is 0 Å².